The number of nitrogens with zero attached hydrogens (tertiary/aromatic N) is 1. The van der Waals surface area contributed by atoms with Crippen LogP contribution in [0, 0.1) is 0 Å². The smallest absolute Gasteiger partial charge is 0.416 e. The molecule has 1 aliphatic rings. The first-order valence-electron chi connectivity index (χ1n) is 8.20. The largest absolute Gasteiger partial charge is 0.467 e. The Balaban J connectivity index is 2.33. The van der Waals surface area contributed by atoms with Gasteiger partial charge in [0.2, 0.25) is 0 Å². The van der Waals surface area contributed by atoms with Crippen LogP contribution in [0.25, 0.3) is 0 Å². The van der Waals surface area contributed by atoms with Gasteiger partial charge in [0.15, 0.2) is 0 Å². The number of rotatable bonds is 2. The molecule has 144 valence electrons. The zero-order valence-electron chi connectivity index (χ0n) is 15.1. The predicted octanol–water partition coefficient (Wildman–Crippen LogP) is 4.32. The van der Waals surface area contributed by atoms with E-state index in [1.54, 1.807) is 20.8 Å². The van der Waals surface area contributed by atoms with Crippen LogP contribution in [0.5, 0.6) is 0 Å². The van der Waals surface area contributed by atoms with Gasteiger partial charge in [0.05, 0.1) is 18.7 Å². The summed E-state index contributed by atoms with van der Waals surface area (Å²) < 4.78 is 48.4. The number of benzene rings is 1. The van der Waals surface area contributed by atoms with Gasteiger partial charge >= 0.3 is 18.2 Å². The van der Waals surface area contributed by atoms with Crippen molar-refractivity contribution in [2.45, 2.75) is 57.5 Å². The van der Waals surface area contributed by atoms with E-state index in [-0.39, 0.29) is 0 Å². The molecule has 1 aromatic carbocycles. The van der Waals surface area contributed by atoms with Crippen LogP contribution in [0.15, 0.2) is 24.3 Å². The third-order valence-electron chi connectivity index (χ3n) is 4.09. The molecule has 0 aromatic heterocycles. The molecule has 8 heteroatoms. The number of carbonyl (C=O) groups excluding carboxylic acids is 2. The van der Waals surface area contributed by atoms with E-state index >= 15 is 0 Å². The molecule has 1 saturated heterocycles. The number of methoxy groups -OCH3 is 1. The number of likely N-dealkylation sites (tertiary alicyclic amines) is 1. The Morgan fingerprint density at radius 1 is 1.08 bits per heavy atom. The molecule has 2 atom stereocenters. The fraction of sp³-hybridized carbons (Fsp3) is 0.556. The zero-order chi connectivity index (χ0) is 19.7. The van der Waals surface area contributed by atoms with E-state index in [0.29, 0.717) is 18.4 Å². The van der Waals surface area contributed by atoms with Crippen LogP contribution in [-0.4, -0.2) is 35.7 Å². The first-order valence-corrected chi connectivity index (χ1v) is 8.20. The molecule has 2 rings (SSSR count). The van der Waals surface area contributed by atoms with Gasteiger partial charge in [-0.25, -0.2) is 9.59 Å². The van der Waals surface area contributed by atoms with Crippen LogP contribution in [0.4, 0.5) is 18.0 Å². The highest BCUT2D eigenvalue weighted by molar-refractivity contribution is 5.82. The SMILES string of the molecule is COC(=O)C1CCC(c2ccc(C(F)(F)F)cc2)N1C(=O)OC(C)(C)C. The molecule has 0 saturated carbocycles. The van der Waals surface area contributed by atoms with Crippen molar-refractivity contribution < 1.29 is 32.2 Å². The van der Waals surface area contributed by atoms with Gasteiger partial charge in [0.1, 0.15) is 11.6 Å². The summed E-state index contributed by atoms with van der Waals surface area (Å²) in [5.41, 5.74) is -1.03. The molecular formula is C18H22F3NO4. The lowest BCUT2D eigenvalue weighted by Gasteiger charge is -2.31. The average molecular weight is 373 g/mol. The standard InChI is InChI=1S/C18H22F3NO4/c1-17(2,3)26-16(24)22-13(9-10-14(22)15(23)25-4)11-5-7-12(8-6-11)18(19,20)21/h5-8,13-14H,9-10H2,1-4H3. The van der Waals surface area contributed by atoms with Gasteiger partial charge in [0.25, 0.3) is 0 Å². The summed E-state index contributed by atoms with van der Waals surface area (Å²) in [5, 5.41) is 0. The molecule has 0 bridgehead atoms. The van der Waals surface area contributed by atoms with E-state index in [2.05, 4.69) is 0 Å². The lowest BCUT2D eigenvalue weighted by atomic mass is 10.0. The monoisotopic (exact) mass is 373 g/mol. The molecule has 0 spiro atoms. The third kappa shape index (κ3) is 4.47. The summed E-state index contributed by atoms with van der Waals surface area (Å²) in [7, 11) is 1.22. The second kappa shape index (κ2) is 7.17. The number of ether oxygens (including phenoxy) is 2. The second-order valence-electron chi connectivity index (χ2n) is 7.14. The van der Waals surface area contributed by atoms with Gasteiger partial charge < -0.3 is 9.47 Å². The molecule has 1 fully saturated rings. The molecule has 1 heterocycles. The molecule has 1 aromatic rings. The Morgan fingerprint density at radius 2 is 1.65 bits per heavy atom. The maximum Gasteiger partial charge on any atom is 0.416 e. The van der Waals surface area contributed by atoms with Gasteiger partial charge in [0, 0.05) is 0 Å². The van der Waals surface area contributed by atoms with Gasteiger partial charge in [-0.1, -0.05) is 12.1 Å². The van der Waals surface area contributed by atoms with Crippen molar-refractivity contribution in [3.05, 3.63) is 35.4 Å². The van der Waals surface area contributed by atoms with E-state index in [9.17, 15) is 22.8 Å². The first kappa shape index (κ1) is 20.1. The highest BCUT2D eigenvalue weighted by atomic mass is 19.4. The van der Waals surface area contributed by atoms with Crippen molar-refractivity contribution in [3.8, 4) is 0 Å². The summed E-state index contributed by atoms with van der Waals surface area (Å²) in [6.07, 6.45) is -4.37. The van der Waals surface area contributed by atoms with Crippen molar-refractivity contribution in [2.75, 3.05) is 7.11 Å². The lowest BCUT2D eigenvalue weighted by molar-refractivity contribution is -0.146. The van der Waals surface area contributed by atoms with Crippen molar-refractivity contribution in [1.29, 1.82) is 0 Å². The molecule has 5 nitrogen and oxygen atoms in total. The first-order chi connectivity index (χ1) is 11.9. The van der Waals surface area contributed by atoms with E-state index in [1.807, 2.05) is 0 Å². The van der Waals surface area contributed by atoms with Crippen LogP contribution in [0.1, 0.15) is 50.8 Å². The highest BCUT2D eigenvalue weighted by Crippen LogP contribution is 2.39. The quantitative estimate of drug-likeness (QED) is 0.725. The van der Waals surface area contributed by atoms with Gasteiger partial charge in [-0.2, -0.15) is 13.2 Å². The summed E-state index contributed by atoms with van der Waals surface area (Å²) >= 11 is 0. The molecule has 1 aliphatic heterocycles. The van der Waals surface area contributed by atoms with Crippen LogP contribution >= 0.6 is 0 Å². The summed E-state index contributed by atoms with van der Waals surface area (Å²) in [4.78, 5) is 25.9. The summed E-state index contributed by atoms with van der Waals surface area (Å²) in [6.45, 7) is 5.09. The van der Waals surface area contributed by atoms with Crippen LogP contribution in [0.2, 0.25) is 0 Å². The Hall–Kier alpha value is -2.25. The molecule has 0 aliphatic carbocycles. The number of hydrogen-bond acceptors (Lipinski definition) is 4. The van der Waals surface area contributed by atoms with E-state index in [0.717, 1.165) is 12.1 Å². The van der Waals surface area contributed by atoms with Crippen molar-refractivity contribution in [1.82, 2.24) is 4.90 Å². The van der Waals surface area contributed by atoms with Gasteiger partial charge in [-0.15, -0.1) is 0 Å². The Labute approximate surface area is 150 Å². The van der Waals surface area contributed by atoms with Crippen LogP contribution in [-0.2, 0) is 20.4 Å². The Kier molecular flexibility index (Phi) is 5.53. The number of alkyl halides is 3. The molecule has 0 radical (unpaired) electrons. The van der Waals surface area contributed by atoms with Crippen LogP contribution in [0.3, 0.4) is 0 Å². The van der Waals surface area contributed by atoms with E-state index in [1.165, 1.54) is 24.1 Å². The highest BCUT2D eigenvalue weighted by Gasteiger charge is 2.44. The van der Waals surface area contributed by atoms with Gasteiger partial charge in [-0.05, 0) is 51.3 Å². The molecule has 1 amide bonds. The van der Waals surface area contributed by atoms with E-state index in [4.69, 9.17) is 9.47 Å². The van der Waals surface area contributed by atoms with E-state index < -0.39 is 41.5 Å². The maximum atomic E-state index is 12.8. The average Bonchev–Trinajstić information content (AvgIpc) is 2.97. The minimum absolute atomic E-state index is 0.345. The molecule has 2 unspecified atom stereocenters. The Morgan fingerprint density at radius 3 is 2.12 bits per heavy atom. The normalized spacial score (nSPS) is 20.8. The summed E-state index contributed by atoms with van der Waals surface area (Å²) in [5.74, 6) is -0.578. The fourth-order valence-electron chi connectivity index (χ4n) is 2.97. The maximum absolute atomic E-state index is 12.8. The molecular weight excluding hydrogens is 351 g/mol. The fourth-order valence-corrected chi connectivity index (χ4v) is 2.97. The number of halogens is 3. The zero-order valence-corrected chi connectivity index (χ0v) is 15.1. The second-order valence-corrected chi connectivity index (χ2v) is 7.14. The molecule has 26 heavy (non-hydrogen) atoms. The minimum atomic E-state index is -4.44. The van der Waals surface area contributed by atoms with Gasteiger partial charge in [-0.3, -0.25) is 4.90 Å². The number of esters is 1. The topological polar surface area (TPSA) is 55.8 Å². The summed E-state index contributed by atoms with van der Waals surface area (Å²) in [6, 6.07) is 3.19. The third-order valence-corrected chi connectivity index (χ3v) is 4.09. The van der Waals surface area contributed by atoms with Crippen molar-refractivity contribution in [3.63, 3.8) is 0 Å². The number of amides is 1. The van der Waals surface area contributed by atoms with Crippen molar-refractivity contribution >= 4 is 12.1 Å². The molecule has 0 N–H and O–H groups in total. The number of carbonyl (C=O) groups is 2. The lowest BCUT2D eigenvalue weighted by Crippen LogP contribution is -2.44. The minimum Gasteiger partial charge on any atom is -0.467 e. The Bertz CT molecular complexity index is 664. The number of hydrogen-bond donors (Lipinski definition) is 0. The van der Waals surface area contributed by atoms with Crippen LogP contribution < -0.4 is 0 Å². The predicted molar refractivity (Wildman–Crippen MR) is 87.3 cm³/mol. The van der Waals surface area contributed by atoms with Crippen molar-refractivity contribution in [2.24, 2.45) is 0 Å².